The molecule has 0 bridgehead atoms. The summed E-state index contributed by atoms with van der Waals surface area (Å²) in [6.07, 6.45) is 0. The van der Waals surface area contributed by atoms with Gasteiger partial charge < -0.3 is 4.74 Å². The van der Waals surface area contributed by atoms with Gasteiger partial charge in [-0.3, -0.25) is 14.2 Å². The molecular formula is C22H20ClN3O3. The monoisotopic (exact) mass is 409 g/mol. The van der Waals surface area contributed by atoms with Crippen LogP contribution in [-0.2, 0) is 22.7 Å². The van der Waals surface area contributed by atoms with Gasteiger partial charge in [-0.25, -0.2) is 4.98 Å². The van der Waals surface area contributed by atoms with Gasteiger partial charge in [0.1, 0.15) is 13.2 Å². The SMILES string of the molecule is CC(C)[C@H](C(=O)OCc1nc2ccccc2c(=O)n1CC#N)c1ccc(Cl)cc1. The third kappa shape index (κ3) is 4.47. The van der Waals surface area contributed by atoms with E-state index in [9.17, 15) is 9.59 Å². The smallest absolute Gasteiger partial charge is 0.314 e. The summed E-state index contributed by atoms with van der Waals surface area (Å²) >= 11 is 5.94. The van der Waals surface area contributed by atoms with Gasteiger partial charge in [-0.15, -0.1) is 0 Å². The second kappa shape index (κ2) is 8.89. The molecule has 0 N–H and O–H groups in total. The summed E-state index contributed by atoms with van der Waals surface area (Å²) in [5.41, 5.74) is 0.965. The quantitative estimate of drug-likeness (QED) is 0.573. The lowest BCUT2D eigenvalue weighted by Gasteiger charge is -2.20. The molecule has 0 aliphatic heterocycles. The predicted molar refractivity (Wildman–Crippen MR) is 110 cm³/mol. The van der Waals surface area contributed by atoms with Gasteiger partial charge >= 0.3 is 5.97 Å². The summed E-state index contributed by atoms with van der Waals surface area (Å²) < 4.78 is 6.76. The van der Waals surface area contributed by atoms with E-state index in [4.69, 9.17) is 21.6 Å². The zero-order valence-electron chi connectivity index (χ0n) is 16.1. The first-order chi connectivity index (χ1) is 13.9. The van der Waals surface area contributed by atoms with Crippen molar-refractivity contribution >= 4 is 28.5 Å². The normalized spacial score (nSPS) is 12.0. The summed E-state index contributed by atoms with van der Waals surface area (Å²) in [6.45, 7) is 3.49. The van der Waals surface area contributed by atoms with Crippen molar-refractivity contribution in [2.24, 2.45) is 5.92 Å². The van der Waals surface area contributed by atoms with E-state index in [2.05, 4.69) is 4.98 Å². The molecular weight excluding hydrogens is 390 g/mol. The standard InChI is InChI=1S/C22H20ClN3O3/c1-14(2)20(15-7-9-16(23)10-8-15)22(28)29-13-19-25-18-6-4-3-5-17(18)21(27)26(19)12-11-24/h3-10,14,20H,12-13H2,1-2H3/t20-/m0/s1. The van der Waals surface area contributed by atoms with Crippen LogP contribution in [0.2, 0.25) is 5.02 Å². The van der Waals surface area contributed by atoms with Crippen molar-refractivity contribution in [2.45, 2.75) is 32.9 Å². The molecule has 1 aromatic heterocycles. The van der Waals surface area contributed by atoms with Crippen molar-refractivity contribution in [1.29, 1.82) is 5.26 Å². The highest BCUT2D eigenvalue weighted by Crippen LogP contribution is 2.27. The Morgan fingerprint density at radius 3 is 2.55 bits per heavy atom. The van der Waals surface area contributed by atoms with Gasteiger partial charge in [0.15, 0.2) is 5.82 Å². The number of esters is 1. The highest BCUT2D eigenvalue weighted by molar-refractivity contribution is 6.30. The van der Waals surface area contributed by atoms with Gasteiger partial charge in [0.05, 0.1) is 22.9 Å². The molecule has 7 heteroatoms. The maximum Gasteiger partial charge on any atom is 0.314 e. The Kier molecular flexibility index (Phi) is 6.30. The molecule has 0 aliphatic carbocycles. The van der Waals surface area contributed by atoms with Crippen LogP contribution >= 0.6 is 11.6 Å². The number of nitriles is 1. The highest BCUT2D eigenvalue weighted by Gasteiger charge is 2.26. The zero-order valence-corrected chi connectivity index (χ0v) is 16.9. The van der Waals surface area contributed by atoms with Crippen molar-refractivity contribution in [3.8, 4) is 6.07 Å². The summed E-state index contributed by atoms with van der Waals surface area (Å²) in [7, 11) is 0. The third-order valence-electron chi connectivity index (χ3n) is 4.66. The number of carbonyl (C=O) groups is 1. The molecule has 2 aromatic carbocycles. The number of benzene rings is 2. The first-order valence-electron chi connectivity index (χ1n) is 9.20. The average Bonchev–Trinajstić information content (AvgIpc) is 2.70. The lowest BCUT2D eigenvalue weighted by molar-refractivity contribution is -0.148. The lowest BCUT2D eigenvalue weighted by Crippen LogP contribution is -2.27. The second-order valence-corrected chi connectivity index (χ2v) is 7.41. The number of rotatable bonds is 6. The van der Waals surface area contributed by atoms with Gasteiger partial charge in [-0.1, -0.05) is 49.7 Å². The van der Waals surface area contributed by atoms with Gasteiger partial charge in [0, 0.05) is 5.02 Å². The molecule has 0 amide bonds. The van der Waals surface area contributed by atoms with E-state index in [1.807, 2.05) is 19.9 Å². The van der Waals surface area contributed by atoms with Gasteiger partial charge in [-0.05, 0) is 35.7 Å². The summed E-state index contributed by atoms with van der Waals surface area (Å²) in [4.78, 5) is 30.0. The molecule has 1 atom stereocenters. The maximum absolute atomic E-state index is 12.8. The van der Waals surface area contributed by atoms with Crippen molar-refractivity contribution in [2.75, 3.05) is 0 Å². The first kappa shape index (κ1) is 20.6. The lowest BCUT2D eigenvalue weighted by atomic mass is 9.88. The van der Waals surface area contributed by atoms with Crippen molar-refractivity contribution in [3.05, 3.63) is 75.3 Å². The Labute approximate surface area is 173 Å². The number of ether oxygens (including phenoxy) is 1. The molecule has 0 unspecified atom stereocenters. The van der Waals surface area contributed by atoms with Crippen LogP contribution in [-0.4, -0.2) is 15.5 Å². The van der Waals surface area contributed by atoms with Crippen molar-refractivity contribution < 1.29 is 9.53 Å². The van der Waals surface area contributed by atoms with E-state index in [1.165, 1.54) is 4.57 Å². The van der Waals surface area contributed by atoms with E-state index in [0.29, 0.717) is 15.9 Å². The molecule has 0 spiro atoms. The Balaban J connectivity index is 1.89. The topological polar surface area (TPSA) is 85.0 Å². The number of para-hydroxylation sites is 1. The first-order valence-corrected chi connectivity index (χ1v) is 9.57. The van der Waals surface area contributed by atoms with Crippen LogP contribution in [0.15, 0.2) is 53.3 Å². The largest absolute Gasteiger partial charge is 0.457 e. The highest BCUT2D eigenvalue weighted by atomic mass is 35.5. The van der Waals surface area contributed by atoms with Gasteiger partial charge in [-0.2, -0.15) is 5.26 Å². The number of carbonyl (C=O) groups excluding carboxylic acids is 1. The van der Waals surface area contributed by atoms with Crippen LogP contribution in [0.25, 0.3) is 10.9 Å². The van der Waals surface area contributed by atoms with Crippen LogP contribution in [0.3, 0.4) is 0 Å². The van der Waals surface area contributed by atoms with Crippen LogP contribution in [0, 0.1) is 17.2 Å². The number of hydrogen-bond donors (Lipinski definition) is 0. The fraction of sp³-hybridized carbons (Fsp3) is 0.273. The number of nitrogens with zero attached hydrogens (tertiary/aromatic N) is 3. The molecule has 29 heavy (non-hydrogen) atoms. The summed E-state index contributed by atoms with van der Waals surface area (Å²) in [5, 5.41) is 10.1. The molecule has 0 aliphatic rings. The van der Waals surface area contributed by atoms with Crippen LogP contribution < -0.4 is 5.56 Å². The van der Waals surface area contributed by atoms with E-state index in [0.717, 1.165) is 5.56 Å². The number of hydrogen-bond acceptors (Lipinski definition) is 5. The number of halogens is 1. The van der Waals surface area contributed by atoms with E-state index in [-0.39, 0.29) is 30.5 Å². The summed E-state index contributed by atoms with van der Waals surface area (Å²) in [5.74, 6) is -0.672. The Morgan fingerprint density at radius 1 is 1.21 bits per heavy atom. The Bertz CT molecular complexity index is 1130. The Morgan fingerprint density at radius 2 is 1.90 bits per heavy atom. The minimum Gasteiger partial charge on any atom is -0.457 e. The predicted octanol–water partition coefficient (Wildman–Crippen LogP) is 4.06. The molecule has 0 saturated carbocycles. The molecule has 6 nitrogen and oxygen atoms in total. The number of aromatic nitrogens is 2. The molecule has 0 saturated heterocycles. The molecule has 0 fully saturated rings. The maximum atomic E-state index is 12.8. The summed E-state index contributed by atoms with van der Waals surface area (Å²) in [6, 6.07) is 15.9. The molecule has 1 heterocycles. The van der Waals surface area contributed by atoms with E-state index < -0.39 is 11.9 Å². The molecule has 3 rings (SSSR count). The van der Waals surface area contributed by atoms with Gasteiger partial charge in [0.2, 0.25) is 0 Å². The van der Waals surface area contributed by atoms with Crippen LogP contribution in [0.5, 0.6) is 0 Å². The fourth-order valence-electron chi connectivity index (χ4n) is 3.25. The molecule has 3 aromatic rings. The van der Waals surface area contributed by atoms with Gasteiger partial charge in [0.25, 0.3) is 5.56 Å². The second-order valence-electron chi connectivity index (χ2n) is 6.98. The van der Waals surface area contributed by atoms with Crippen LogP contribution in [0.4, 0.5) is 0 Å². The van der Waals surface area contributed by atoms with Crippen molar-refractivity contribution in [1.82, 2.24) is 9.55 Å². The minimum atomic E-state index is -0.483. The minimum absolute atomic E-state index is 0.00506. The van der Waals surface area contributed by atoms with E-state index >= 15 is 0 Å². The van der Waals surface area contributed by atoms with Crippen molar-refractivity contribution in [3.63, 3.8) is 0 Å². The molecule has 148 valence electrons. The average molecular weight is 410 g/mol. The zero-order chi connectivity index (χ0) is 21.0. The van der Waals surface area contributed by atoms with Crippen LogP contribution in [0.1, 0.15) is 31.2 Å². The fourth-order valence-corrected chi connectivity index (χ4v) is 3.37. The third-order valence-corrected chi connectivity index (χ3v) is 4.91. The number of fused-ring (bicyclic) bond motifs is 1. The Hall–Kier alpha value is -3.17. The van der Waals surface area contributed by atoms with E-state index in [1.54, 1.807) is 48.5 Å². The molecule has 0 radical (unpaired) electrons.